The van der Waals surface area contributed by atoms with Gasteiger partial charge in [0, 0.05) is 11.6 Å². The summed E-state index contributed by atoms with van der Waals surface area (Å²) in [7, 11) is 1.56. The predicted octanol–water partition coefficient (Wildman–Crippen LogP) is 2.34. The Hall–Kier alpha value is -1.72. The molecule has 1 N–H and O–H groups in total. The number of rotatable bonds is 3. The molecule has 0 saturated heterocycles. The maximum atomic E-state index is 10.8. The Balaban J connectivity index is 2.36. The van der Waals surface area contributed by atoms with Crippen molar-refractivity contribution in [2.24, 2.45) is 0 Å². The van der Waals surface area contributed by atoms with Gasteiger partial charge in [-0.1, -0.05) is 18.2 Å². The smallest absolute Gasteiger partial charge is 0.213 e. The molecule has 0 aliphatic carbocycles. The first-order valence-corrected chi connectivity index (χ1v) is 6.04. The Labute approximate surface area is 102 Å². The Morgan fingerprint density at radius 3 is 2.47 bits per heavy atom. The number of ether oxygens (including phenoxy) is 1. The molecule has 0 amide bonds. The van der Waals surface area contributed by atoms with Gasteiger partial charge >= 0.3 is 0 Å². The molecule has 2 rings (SSSR count). The van der Waals surface area contributed by atoms with Gasteiger partial charge in [-0.2, -0.15) is 0 Å². The van der Waals surface area contributed by atoms with Gasteiger partial charge in [0.15, 0.2) is 11.1 Å². The molecule has 1 aromatic carbocycles. The van der Waals surface area contributed by atoms with E-state index in [0.717, 1.165) is 11.3 Å². The van der Waals surface area contributed by atoms with Crippen molar-refractivity contribution in [2.45, 2.75) is 4.90 Å². The van der Waals surface area contributed by atoms with Crippen molar-refractivity contribution in [1.29, 1.82) is 0 Å². The first-order chi connectivity index (χ1) is 8.20. The standard InChI is InChI=1S/C12H11NO3S/c1-16-12-4-2-3-11(13-12)9-5-7-10(8-6-9)17(14)15/h2-8H,1H3,(H,14,15). The molecular weight excluding hydrogens is 238 g/mol. The largest absolute Gasteiger partial charge is 0.481 e. The molecule has 17 heavy (non-hydrogen) atoms. The van der Waals surface area contributed by atoms with Crippen LogP contribution in [0.25, 0.3) is 11.3 Å². The van der Waals surface area contributed by atoms with Crippen molar-refractivity contribution in [2.75, 3.05) is 7.11 Å². The van der Waals surface area contributed by atoms with Crippen molar-refractivity contribution < 1.29 is 13.5 Å². The van der Waals surface area contributed by atoms with E-state index in [-0.39, 0.29) is 0 Å². The molecule has 1 aromatic heterocycles. The van der Waals surface area contributed by atoms with Crippen molar-refractivity contribution in [3.8, 4) is 17.1 Å². The van der Waals surface area contributed by atoms with Crippen LogP contribution in [-0.2, 0) is 11.1 Å². The summed E-state index contributed by atoms with van der Waals surface area (Å²) in [5, 5.41) is 0. The van der Waals surface area contributed by atoms with Crippen LogP contribution in [0.15, 0.2) is 47.4 Å². The third-order valence-electron chi connectivity index (χ3n) is 2.28. The number of aromatic nitrogens is 1. The summed E-state index contributed by atoms with van der Waals surface area (Å²) in [6, 6.07) is 12.2. The third kappa shape index (κ3) is 2.69. The van der Waals surface area contributed by atoms with Crippen molar-refractivity contribution in [3.63, 3.8) is 0 Å². The summed E-state index contributed by atoms with van der Waals surface area (Å²) in [5.41, 5.74) is 1.64. The lowest BCUT2D eigenvalue weighted by atomic mass is 10.1. The highest BCUT2D eigenvalue weighted by molar-refractivity contribution is 7.79. The molecule has 1 atom stereocenters. The molecule has 0 bridgehead atoms. The van der Waals surface area contributed by atoms with Crippen LogP contribution in [0.2, 0.25) is 0 Å². The molecule has 0 aliphatic heterocycles. The van der Waals surface area contributed by atoms with Gasteiger partial charge in [0.05, 0.1) is 17.7 Å². The number of methoxy groups -OCH3 is 1. The van der Waals surface area contributed by atoms with E-state index in [2.05, 4.69) is 4.98 Å². The van der Waals surface area contributed by atoms with Crippen LogP contribution in [0.3, 0.4) is 0 Å². The van der Waals surface area contributed by atoms with Crippen LogP contribution in [0, 0.1) is 0 Å². The van der Waals surface area contributed by atoms with Crippen LogP contribution in [0.1, 0.15) is 0 Å². The van der Waals surface area contributed by atoms with Crippen molar-refractivity contribution >= 4 is 11.1 Å². The number of benzene rings is 1. The van der Waals surface area contributed by atoms with Crippen LogP contribution < -0.4 is 4.74 Å². The van der Waals surface area contributed by atoms with E-state index in [1.54, 1.807) is 37.4 Å². The summed E-state index contributed by atoms with van der Waals surface area (Å²) in [6.07, 6.45) is 0. The maximum absolute atomic E-state index is 10.8. The van der Waals surface area contributed by atoms with Crippen LogP contribution >= 0.6 is 0 Å². The minimum Gasteiger partial charge on any atom is -0.481 e. The van der Waals surface area contributed by atoms with Crippen LogP contribution in [0.5, 0.6) is 5.88 Å². The molecule has 5 heteroatoms. The number of hydrogen-bond acceptors (Lipinski definition) is 3. The highest BCUT2D eigenvalue weighted by Crippen LogP contribution is 2.20. The highest BCUT2D eigenvalue weighted by Gasteiger charge is 2.03. The highest BCUT2D eigenvalue weighted by atomic mass is 32.2. The predicted molar refractivity (Wildman–Crippen MR) is 65.3 cm³/mol. The lowest BCUT2D eigenvalue weighted by Gasteiger charge is -2.04. The molecule has 88 valence electrons. The fourth-order valence-electron chi connectivity index (χ4n) is 1.43. The quantitative estimate of drug-likeness (QED) is 0.848. The van der Waals surface area contributed by atoms with E-state index in [0.29, 0.717) is 10.8 Å². The molecule has 0 radical (unpaired) electrons. The molecule has 1 heterocycles. The minimum atomic E-state index is -1.94. The van der Waals surface area contributed by atoms with E-state index in [9.17, 15) is 4.21 Å². The van der Waals surface area contributed by atoms with E-state index in [4.69, 9.17) is 9.29 Å². The van der Waals surface area contributed by atoms with Crippen molar-refractivity contribution in [3.05, 3.63) is 42.5 Å². The number of hydrogen-bond donors (Lipinski definition) is 1. The van der Waals surface area contributed by atoms with Gasteiger partial charge in [0.2, 0.25) is 5.88 Å². The summed E-state index contributed by atoms with van der Waals surface area (Å²) in [6.45, 7) is 0. The van der Waals surface area contributed by atoms with Gasteiger partial charge in [-0.25, -0.2) is 9.19 Å². The van der Waals surface area contributed by atoms with E-state index in [1.165, 1.54) is 0 Å². The van der Waals surface area contributed by atoms with Crippen LogP contribution in [0.4, 0.5) is 0 Å². The Kier molecular flexibility index (Phi) is 3.51. The van der Waals surface area contributed by atoms with Gasteiger partial charge in [0.25, 0.3) is 0 Å². The molecule has 4 nitrogen and oxygen atoms in total. The normalized spacial score (nSPS) is 12.1. The molecule has 1 unspecified atom stereocenters. The SMILES string of the molecule is COc1cccc(-c2ccc(S(=O)O)cc2)n1. The first kappa shape index (κ1) is 11.8. The maximum Gasteiger partial charge on any atom is 0.213 e. The second kappa shape index (κ2) is 5.07. The molecular formula is C12H11NO3S. The van der Waals surface area contributed by atoms with Gasteiger partial charge in [0.1, 0.15) is 0 Å². The first-order valence-electron chi connectivity index (χ1n) is 4.93. The van der Waals surface area contributed by atoms with Gasteiger partial charge in [-0.3, -0.25) is 0 Å². The van der Waals surface area contributed by atoms with Gasteiger partial charge in [-0.15, -0.1) is 0 Å². The van der Waals surface area contributed by atoms with E-state index in [1.807, 2.05) is 12.1 Å². The van der Waals surface area contributed by atoms with E-state index < -0.39 is 11.1 Å². The monoisotopic (exact) mass is 249 g/mol. The molecule has 0 saturated carbocycles. The summed E-state index contributed by atoms with van der Waals surface area (Å²) in [4.78, 5) is 4.65. The fraction of sp³-hybridized carbons (Fsp3) is 0.0833. The molecule has 0 aliphatic rings. The lowest BCUT2D eigenvalue weighted by molar-refractivity contribution is 0.398. The summed E-state index contributed by atoms with van der Waals surface area (Å²) < 4.78 is 24.8. The number of nitrogens with zero attached hydrogens (tertiary/aromatic N) is 1. The minimum absolute atomic E-state index is 0.372. The van der Waals surface area contributed by atoms with Crippen molar-refractivity contribution in [1.82, 2.24) is 4.98 Å². The van der Waals surface area contributed by atoms with Gasteiger partial charge < -0.3 is 9.29 Å². The molecule has 0 spiro atoms. The zero-order valence-corrected chi connectivity index (χ0v) is 9.98. The Bertz CT molecular complexity index is 540. The Morgan fingerprint density at radius 1 is 1.18 bits per heavy atom. The lowest BCUT2D eigenvalue weighted by Crippen LogP contribution is -1.91. The zero-order chi connectivity index (χ0) is 12.3. The zero-order valence-electron chi connectivity index (χ0n) is 9.16. The second-order valence-corrected chi connectivity index (χ2v) is 4.31. The topological polar surface area (TPSA) is 59.4 Å². The van der Waals surface area contributed by atoms with Crippen LogP contribution in [-0.4, -0.2) is 20.9 Å². The third-order valence-corrected chi connectivity index (χ3v) is 2.96. The average molecular weight is 249 g/mol. The fourth-order valence-corrected chi connectivity index (χ4v) is 1.80. The summed E-state index contributed by atoms with van der Waals surface area (Å²) in [5.74, 6) is 0.539. The van der Waals surface area contributed by atoms with E-state index >= 15 is 0 Å². The summed E-state index contributed by atoms with van der Waals surface area (Å²) >= 11 is -1.94. The molecule has 0 fully saturated rings. The Morgan fingerprint density at radius 2 is 1.88 bits per heavy atom. The second-order valence-electron chi connectivity index (χ2n) is 3.34. The molecule has 2 aromatic rings. The van der Waals surface area contributed by atoms with Gasteiger partial charge in [-0.05, 0) is 18.2 Å². The average Bonchev–Trinajstić information content (AvgIpc) is 2.39. The number of pyridine rings is 1.